The molecule has 0 bridgehead atoms. The molecule has 1 unspecified atom stereocenters. The Hall–Kier alpha value is -2.26. The molecule has 1 aromatic heterocycles. The lowest BCUT2D eigenvalue weighted by Crippen LogP contribution is -2.32. The Balaban J connectivity index is 2.11. The van der Waals surface area contributed by atoms with Crippen molar-refractivity contribution in [2.24, 2.45) is 0 Å². The van der Waals surface area contributed by atoms with E-state index in [0.717, 1.165) is 3.57 Å². The lowest BCUT2D eigenvalue weighted by molar-refractivity contribution is -0.145. The first-order valence-electron chi connectivity index (χ1n) is 7.57. The molecule has 2 heterocycles. The van der Waals surface area contributed by atoms with Gasteiger partial charge in [0.1, 0.15) is 0 Å². The van der Waals surface area contributed by atoms with Crippen LogP contribution in [0.5, 0.6) is 0 Å². The van der Waals surface area contributed by atoms with E-state index < -0.39 is 11.6 Å². The predicted molar refractivity (Wildman–Crippen MR) is 99.7 cm³/mol. The van der Waals surface area contributed by atoms with E-state index >= 15 is 0 Å². The number of hydrogen-bond acceptors (Lipinski definition) is 5. The van der Waals surface area contributed by atoms with Crippen LogP contribution in [0.4, 0.5) is 0 Å². The third kappa shape index (κ3) is 2.30. The van der Waals surface area contributed by atoms with Gasteiger partial charge in [0.15, 0.2) is 11.4 Å². The minimum atomic E-state index is -1.72. The molecule has 1 atom stereocenters. The highest BCUT2D eigenvalue weighted by Crippen LogP contribution is 2.42. The largest absolute Gasteiger partial charge is 0.469 e. The fraction of sp³-hybridized carbons (Fsp3) is 0.167. The van der Waals surface area contributed by atoms with Crippen molar-refractivity contribution in [3.05, 3.63) is 67.8 Å². The minimum Gasteiger partial charge on any atom is -0.469 e. The van der Waals surface area contributed by atoms with Crippen LogP contribution in [0.1, 0.15) is 17.8 Å². The molecule has 0 amide bonds. The number of carbonyl (C=O) groups excluding carboxylic acids is 1. The van der Waals surface area contributed by atoms with Crippen molar-refractivity contribution in [1.29, 1.82) is 0 Å². The Morgan fingerprint density at radius 1 is 1.32 bits per heavy atom. The molecule has 25 heavy (non-hydrogen) atoms. The van der Waals surface area contributed by atoms with Crippen molar-refractivity contribution < 1.29 is 14.6 Å². The summed E-state index contributed by atoms with van der Waals surface area (Å²) in [7, 11) is 1.26. The predicted octanol–water partition coefficient (Wildman–Crippen LogP) is 2.10. The quantitative estimate of drug-likeness (QED) is 0.480. The average molecular weight is 448 g/mol. The summed E-state index contributed by atoms with van der Waals surface area (Å²) in [6.07, 6.45) is -0.318. The summed E-state index contributed by atoms with van der Waals surface area (Å²) in [6, 6.07) is 12.3. The molecule has 0 saturated heterocycles. The molecule has 2 aromatic carbocycles. The van der Waals surface area contributed by atoms with Crippen LogP contribution in [0.3, 0.4) is 0 Å². The van der Waals surface area contributed by atoms with E-state index in [1.807, 2.05) is 6.07 Å². The first kappa shape index (κ1) is 16.2. The van der Waals surface area contributed by atoms with Gasteiger partial charge < -0.3 is 9.84 Å². The van der Waals surface area contributed by atoms with Gasteiger partial charge in [0, 0.05) is 9.13 Å². The van der Waals surface area contributed by atoms with E-state index in [-0.39, 0.29) is 17.8 Å². The maximum atomic E-state index is 13.0. The Bertz CT molecular complexity index is 1090. The second kappa shape index (κ2) is 5.63. The zero-order chi connectivity index (χ0) is 17.8. The molecule has 1 aliphatic rings. The van der Waals surface area contributed by atoms with Gasteiger partial charge in [-0.05, 0) is 52.9 Å². The van der Waals surface area contributed by atoms with Crippen molar-refractivity contribution in [2.75, 3.05) is 7.11 Å². The molecule has 7 heteroatoms. The summed E-state index contributed by atoms with van der Waals surface area (Å²) >= 11 is 2.12. The molecule has 6 nitrogen and oxygen atoms in total. The number of hydrogen-bond donors (Lipinski definition) is 1. The normalized spacial score (nSPS) is 18.0. The molecule has 4 rings (SSSR count). The van der Waals surface area contributed by atoms with Gasteiger partial charge >= 0.3 is 5.97 Å². The summed E-state index contributed by atoms with van der Waals surface area (Å²) in [5, 5.41) is 11.8. The van der Waals surface area contributed by atoms with Crippen molar-refractivity contribution in [2.45, 2.75) is 12.0 Å². The molecule has 0 aliphatic carbocycles. The van der Waals surface area contributed by atoms with Crippen molar-refractivity contribution >= 4 is 39.5 Å². The molecule has 1 N–H and O–H groups in total. The zero-order valence-corrected chi connectivity index (χ0v) is 15.4. The van der Waals surface area contributed by atoms with Crippen LogP contribution in [-0.2, 0) is 15.1 Å². The summed E-state index contributed by atoms with van der Waals surface area (Å²) in [4.78, 5) is 29.4. The van der Waals surface area contributed by atoms with Crippen LogP contribution < -0.4 is 5.56 Å². The highest BCUT2D eigenvalue weighted by molar-refractivity contribution is 14.1. The number of aliphatic hydroxyl groups is 1. The number of ether oxygens (including phenoxy) is 1. The van der Waals surface area contributed by atoms with E-state index in [0.29, 0.717) is 22.2 Å². The van der Waals surface area contributed by atoms with Crippen LogP contribution in [0.25, 0.3) is 16.6 Å². The standard InChI is InChI=1S/C18H13IN2O4/c1-25-15(22)9-18(24)12-8-10(19)6-7-14(12)21-16(23)11-4-2-3-5-13(11)20-17(18)21/h2-8,24H,9H2,1H3. The van der Waals surface area contributed by atoms with Crippen LogP contribution in [0.2, 0.25) is 0 Å². The molecule has 3 aromatic rings. The topological polar surface area (TPSA) is 81.4 Å². The molecule has 0 fully saturated rings. The monoisotopic (exact) mass is 448 g/mol. The first-order chi connectivity index (χ1) is 12.0. The highest BCUT2D eigenvalue weighted by Gasteiger charge is 2.46. The summed E-state index contributed by atoms with van der Waals surface area (Å²) in [6.45, 7) is 0. The van der Waals surface area contributed by atoms with Gasteiger partial charge in [-0.2, -0.15) is 0 Å². The Labute approximate surface area is 156 Å². The SMILES string of the molecule is COC(=O)CC1(O)c2cc(I)ccc2-n2c1nc1ccccc1c2=O. The maximum absolute atomic E-state index is 13.0. The molecular weight excluding hydrogens is 435 g/mol. The molecular formula is C18H13IN2O4. The van der Waals surface area contributed by atoms with Crippen molar-refractivity contribution in [3.63, 3.8) is 0 Å². The number of aromatic nitrogens is 2. The van der Waals surface area contributed by atoms with E-state index in [1.54, 1.807) is 36.4 Å². The highest BCUT2D eigenvalue weighted by atomic mass is 127. The fourth-order valence-electron chi connectivity index (χ4n) is 3.24. The van der Waals surface area contributed by atoms with Gasteiger partial charge in [0.05, 0.1) is 30.1 Å². The average Bonchev–Trinajstić information content (AvgIpc) is 2.84. The molecule has 0 radical (unpaired) electrons. The molecule has 126 valence electrons. The summed E-state index contributed by atoms with van der Waals surface area (Å²) in [5.41, 5.74) is -0.504. The second-order valence-corrected chi connectivity index (χ2v) is 7.11. The Kier molecular flexibility index (Phi) is 3.66. The van der Waals surface area contributed by atoms with Gasteiger partial charge in [0.25, 0.3) is 5.56 Å². The lowest BCUT2D eigenvalue weighted by Gasteiger charge is -2.22. The van der Waals surface area contributed by atoms with Crippen LogP contribution >= 0.6 is 22.6 Å². The van der Waals surface area contributed by atoms with Gasteiger partial charge in [0.2, 0.25) is 0 Å². The molecule has 0 spiro atoms. The van der Waals surface area contributed by atoms with Crippen LogP contribution in [0, 0.1) is 3.57 Å². The van der Waals surface area contributed by atoms with Crippen molar-refractivity contribution in [1.82, 2.24) is 9.55 Å². The molecule has 0 saturated carbocycles. The summed E-state index contributed by atoms with van der Waals surface area (Å²) < 4.78 is 7.00. The third-order valence-corrected chi connectivity index (χ3v) is 5.09. The number of nitrogens with zero attached hydrogens (tertiary/aromatic N) is 2. The number of esters is 1. The third-order valence-electron chi connectivity index (χ3n) is 4.42. The van der Waals surface area contributed by atoms with Gasteiger partial charge in [-0.25, -0.2) is 4.98 Å². The number of methoxy groups -OCH3 is 1. The number of rotatable bonds is 2. The smallest absolute Gasteiger partial charge is 0.309 e. The van der Waals surface area contributed by atoms with E-state index in [4.69, 9.17) is 4.74 Å². The van der Waals surface area contributed by atoms with E-state index in [2.05, 4.69) is 27.6 Å². The Morgan fingerprint density at radius 3 is 2.84 bits per heavy atom. The number of benzene rings is 2. The fourth-order valence-corrected chi connectivity index (χ4v) is 3.74. The molecule has 1 aliphatic heterocycles. The Morgan fingerprint density at radius 2 is 2.08 bits per heavy atom. The zero-order valence-electron chi connectivity index (χ0n) is 13.2. The minimum absolute atomic E-state index is 0.138. The van der Waals surface area contributed by atoms with Gasteiger partial charge in [-0.1, -0.05) is 12.1 Å². The van der Waals surface area contributed by atoms with Crippen LogP contribution in [0.15, 0.2) is 47.3 Å². The maximum Gasteiger partial charge on any atom is 0.309 e. The van der Waals surface area contributed by atoms with E-state index in [1.165, 1.54) is 11.7 Å². The number of halogens is 1. The first-order valence-corrected chi connectivity index (χ1v) is 8.65. The summed E-state index contributed by atoms with van der Waals surface area (Å²) in [5.74, 6) is -0.443. The number of para-hydroxylation sites is 1. The number of fused-ring (bicyclic) bond motifs is 4. The van der Waals surface area contributed by atoms with Crippen LogP contribution in [-0.4, -0.2) is 27.7 Å². The second-order valence-electron chi connectivity index (χ2n) is 5.87. The van der Waals surface area contributed by atoms with E-state index in [9.17, 15) is 14.7 Å². The van der Waals surface area contributed by atoms with Crippen molar-refractivity contribution in [3.8, 4) is 5.69 Å². The number of carbonyl (C=O) groups is 1. The lowest BCUT2D eigenvalue weighted by atomic mass is 9.91. The van der Waals surface area contributed by atoms with Gasteiger partial charge in [-0.15, -0.1) is 0 Å². The van der Waals surface area contributed by atoms with Gasteiger partial charge in [-0.3, -0.25) is 14.2 Å².